The smallest absolute Gasteiger partial charge is 0.0865 e. The van der Waals surface area contributed by atoms with Gasteiger partial charge in [-0.3, -0.25) is 0 Å². The molecule has 0 spiro atoms. The van der Waals surface area contributed by atoms with E-state index < -0.39 is 0 Å². The van der Waals surface area contributed by atoms with E-state index in [0.29, 0.717) is 11.8 Å². The maximum absolute atomic E-state index is 6.06. The highest BCUT2D eigenvalue weighted by Gasteiger charge is 2.27. The summed E-state index contributed by atoms with van der Waals surface area (Å²) in [5, 5.41) is 3.48. The van der Waals surface area contributed by atoms with Gasteiger partial charge in [0.2, 0.25) is 0 Å². The van der Waals surface area contributed by atoms with E-state index in [-0.39, 0.29) is 6.10 Å². The number of ether oxygens (including phenoxy) is 2. The van der Waals surface area contributed by atoms with Gasteiger partial charge in [-0.1, -0.05) is 38.1 Å². The van der Waals surface area contributed by atoms with Gasteiger partial charge in [-0.05, 0) is 29.9 Å². The molecule has 0 aromatic heterocycles. The van der Waals surface area contributed by atoms with Crippen LogP contribution in [0.3, 0.4) is 0 Å². The average Bonchev–Trinajstić information content (AvgIpc) is 2.52. The molecule has 0 bridgehead atoms. The first kappa shape index (κ1) is 16.5. The van der Waals surface area contributed by atoms with Gasteiger partial charge in [0.05, 0.1) is 12.7 Å². The predicted octanol–water partition coefficient (Wildman–Crippen LogP) is 3.51. The van der Waals surface area contributed by atoms with Crippen LogP contribution in [0.1, 0.15) is 49.8 Å². The molecule has 3 nitrogen and oxygen atoms in total. The summed E-state index contributed by atoms with van der Waals surface area (Å²) in [6, 6.07) is 8.97. The van der Waals surface area contributed by atoms with Crippen LogP contribution >= 0.6 is 0 Å². The van der Waals surface area contributed by atoms with Crippen molar-refractivity contribution in [2.45, 2.75) is 38.7 Å². The van der Waals surface area contributed by atoms with Crippen LogP contribution in [0.5, 0.6) is 0 Å². The summed E-state index contributed by atoms with van der Waals surface area (Å²) in [6.45, 7) is 8.02. The number of hydrogen-bond donors (Lipinski definition) is 1. The lowest BCUT2D eigenvalue weighted by Gasteiger charge is -2.32. The lowest BCUT2D eigenvalue weighted by Crippen LogP contribution is -2.33. The molecule has 0 saturated carbocycles. The van der Waals surface area contributed by atoms with Crippen molar-refractivity contribution >= 4 is 0 Å². The first-order chi connectivity index (χ1) is 10.2. The van der Waals surface area contributed by atoms with Crippen LogP contribution in [0, 0.1) is 5.92 Å². The second kappa shape index (κ2) is 8.52. The van der Waals surface area contributed by atoms with Gasteiger partial charge in [-0.15, -0.1) is 0 Å². The lowest BCUT2D eigenvalue weighted by molar-refractivity contribution is -0.0280. The van der Waals surface area contributed by atoms with Crippen LogP contribution in [0.15, 0.2) is 24.3 Å². The van der Waals surface area contributed by atoms with Crippen molar-refractivity contribution in [3.8, 4) is 0 Å². The van der Waals surface area contributed by atoms with Gasteiger partial charge in [-0.25, -0.2) is 0 Å². The summed E-state index contributed by atoms with van der Waals surface area (Å²) >= 11 is 0. The fourth-order valence-electron chi connectivity index (χ4n) is 2.95. The van der Waals surface area contributed by atoms with Crippen molar-refractivity contribution in [2.75, 3.05) is 33.4 Å². The molecule has 1 heterocycles. The maximum atomic E-state index is 6.06. The summed E-state index contributed by atoms with van der Waals surface area (Å²) in [4.78, 5) is 0. The molecule has 0 aliphatic carbocycles. The molecule has 1 aliphatic rings. The van der Waals surface area contributed by atoms with E-state index in [1.54, 1.807) is 7.11 Å². The SMILES string of the molecule is COCCNCC1CCCOC1c1ccc(C(C)C)cc1. The molecule has 1 fully saturated rings. The fraction of sp³-hybridized carbons (Fsp3) is 0.667. The van der Waals surface area contributed by atoms with Crippen molar-refractivity contribution in [2.24, 2.45) is 5.92 Å². The van der Waals surface area contributed by atoms with Crippen molar-refractivity contribution < 1.29 is 9.47 Å². The van der Waals surface area contributed by atoms with Crippen LogP contribution in [0.25, 0.3) is 0 Å². The summed E-state index contributed by atoms with van der Waals surface area (Å²) < 4.78 is 11.1. The van der Waals surface area contributed by atoms with Gasteiger partial charge in [-0.2, -0.15) is 0 Å². The first-order valence-electron chi connectivity index (χ1n) is 8.13. The third kappa shape index (κ3) is 4.80. The maximum Gasteiger partial charge on any atom is 0.0865 e. The van der Waals surface area contributed by atoms with E-state index in [2.05, 4.69) is 43.4 Å². The highest BCUT2D eigenvalue weighted by molar-refractivity contribution is 5.26. The van der Waals surface area contributed by atoms with Crippen molar-refractivity contribution in [3.05, 3.63) is 35.4 Å². The van der Waals surface area contributed by atoms with Gasteiger partial charge in [0.1, 0.15) is 0 Å². The molecule has 118 valence electrons. The van der Waals surface area contributed by atoms with E-state index >= 15 is 0 Å². The minimum Gasteiger partial charge on any atom is -0.383 e. The monoisotopic (exact) mass is 291 g/mol. The molecule has 1 N–H and O–H groups in total. The van der Waals surface area contributed by atoms with E-state index in [1.165, 1.54) is 17.5 Å². The normalized spacial score (nSPS) is 22.7. The number of benzene rings is 1. The van der Waals surface area contributed by atoms with Crippen LogP contribution in [-0.2, 0) is 9.47 Å². The second-order valence-electron chi connectivity index (χ2n) is 6.21. The molecule has 2 atom stereocenters. The Morgan fingerprint density at radius 1 is 1.29 bits per heavy atom. The average molecular weight is 291 g/mol. The standard InChI is InChI=1S/C18H29NO2/c1-14(2)15-6-8-16(9-7-15)18-17(5-4-11-21-18)13-19-10-12-20-3/h6-9,14,17-19H,4-5,10-13H2,1-3H3. The van der Waals surface area contributed by atoms with Crippen LogP contribution in [-0.4, -0.2) is 33.4 Å². The fourth-order valence-corrected chi connectivity index (χ4v) is 2.95. The predicted molar refractivity (Wildman–Crippen MR) is 86.7 cm³/mol. The van der Waals surface area contributed by atoms with Gasteiger partial charge in [0.15, 0.2) is 0 Å². The van der Waals surface area contributed by atoms with Gasteiger partial charge >= 0.3 is 0 Å². The molecular weight excluding hydrogens is 262 g/mol. The molecular formula is C18H29NO2. The molecule has 1 aliphatic heterocycles. The largest absolute Gasteiger partial charge is 0.383 e. The Hall–Kier alpha value is -0.900. The Labute approximate surface area is 129 Å². The molecule has 1 saturated heterocycles. The minimum absolute atomic E-state index is 0.231. The third-order valence-corrected chi connectivity index (χ3v) is 4.27. The zero-order chi connectivity index (χ0) is 15.1. The Kier molecular flexibility index (Phi) is 6.68. The zero-order valence-electron chi connectivity index (χ0n) is 13.6. The Morgan fingerprint density at radius 3 is 2.71 bits per heavy atom. The van der Waals surface area contributed by atoms with Gasteiger partial charge in [0, 0.05) is 32.7 Å². The molecule has 2 rings (SSSR count). The molecule has 21 heavy (non-hydrogen) atoms. The number of methoxy groups -OCH3 is 1. The molecule has 3 heteroatoms. The van der Waals surface area contributed by atoms with Gasteiger partial charge < -0.3 is 14.8 Å². The molecule has 0 radical (unpaired) electrons. The molecule has 1 aromatic rings. The second-order valence-corrected chi connectivity index (χ2v) is 6.21. The van der Waals surface area contributed by atoms with E-state index in [1.807, 2.05) is 0 Å². The first-order valence-corrected chi connectivity index (χ1v) is 8.13. The van der Waals surface area contributed by atoms with E-state index in [4.69, 9.17) is 9.47 Å². The highest BCUT2D eigenvalue weighted by Crippen LogP contribution is 2.33. The minimum atomic E-state index is 0.231. The van der Waals surface area contributed by atoms with Crippen molar-refractivity contribution in [1.29, 1.82) is 0 Å². The summed E-state index contributed by atoms with van der Waals surface area (Å²) in [5.41, 5.74) is 2.71. The van der Waals surface area contributed by atoms with E-state index in [0.717, 1.165) is 32.7 Å². The Bertz CT molecular complexity index is 402. The van der Waals surface area contributed by atoms with Crippen LogP contribution < -0.4 is 5.32 Å². The van der Waals surface area contributed by atoms with Crippen molar-refractivity contribution in [1.82, 2.24) is 5.32 Å². The summed E-state index contributed by atoms with van der Waals surface area (Å²) in [5.74, 6) is 1.14. The lowest BCUT2D eigenvalue weighted by atomic mass is 9.88. The molecule has 0 amide bonds. The highest BCUT2D eigenvalue weighted by atomic mass is 16.5. The number of nitrogens with one attached hydrogen (secondary N) is 1. The van der Waals surface area contributed by atoms with Crippen LogP contribution in [0.2, 0.25) is 0 Å². The molecule has 1 aromatic carbocycles. The molecule has 2 unspecified atom stereocenters. The zero-order valence-corrected chi connectivity index (χ0v) is 13.6. The third-order valence-electron chi connectivity index (χ3n) is 4.27. The van der Waals surface area contributed by atoms with Crippen molar-refractivity contribution in [3.63, 3.8) is 0 Å². The number of hydrogen-bond acceptors (Lipinski definition) is 3. The quantitative estimate of drug-likeness (QED) is 0.780. The van der Waals surface area contributed by atoms with E-state index in [9.17, 15) is 0 Å². The Morgan fingerprint density at radius 2 is 2.05 bits per heavy atom. The Balaban J connectivity index is 1.97. The van der Waals surface area contributed by atoms with Crippen LogP contribution in [0.4, 0.5) is 0 Å². The summed E-state index contributed by atoms with van der Waals surface area (Å²) in [6.07, 6.45) is 2.63. The topological polar surface area (TPSA) is 30.5 Å². The number of rotatable bonds is 7. The summed E-state index contributed by atoms with van der Waals surface area (Å²) in [7, 11) is 1.74. The van der Waals surface area contributed by atoms with Gasteiger partial charge in [0.25, 0.3) is 0 Å².